The maximum atomic E-state index is 12.0. The molecular weight excluding hydrogens is 336 g/mol. The molecule has 0 aliphatic carbocycles. The molecule has 6 heteroatoms. The molecule has 130 valence electrons. The second kappa shape index (κ2) is 8.58. The van der Waals surface area contributed by atoms with Crippen LogP contribution < -0.4 is 10.1 Å². The predicted molar refractivity (Wildman–Crippen MR) is 98.1 cm³/mol. The number of rotatable bonds is 7. The first-order valence-electron chi connectivity index (χ1n) is 8.08. The number of hydrogen-bond acceptors (Lipinski definition) is 4. The molecule has 0 aromatic heterocycles. The molecule has 0 bridgehead atoms. The van der Waals surface area contributed by atoms with Crippen LogP contribution in [0.1, 0.15) is 11.1 Å². The number of nitrogens with one attached hydrogen (secondary N) is 1. The molecule has 5 nitrogen and oxygen atoms in total. The molecule has 0 atom stereocenters. The van der Waals surface area contributed by atoms with Crippen molar-refractivity contribution in [3.63, 3.8) is 0 Å². The summed E-state index contributed by atoms with van der Waals surface area (Å²) >= 11 is 1.53. The van der Waals surface area contributed by atoms with Gasteiger partial charge in [-0.3, -0.25) is 9.59 Å². The molecule has 1 fully saturated rings. The maximum Gasteiger partial charge on any atom is 0.239 e. The molecule has 2 aromatic carbocycles. The fourth-order valence-electron chi connectivity index (χ4n) is 2.46. The molecule has 1 aliphatic rings. The first-order chi connectivity index (χ1) is 12.2. The number of ether oxygens (including phenoxy) is 1. The van der Waals surface area contributed by atoms with Gasteiger partial charge in [0.2, 0.25) is 11.8 Å². The smallest absolute Gasteiger partial charge is 0.239 e. The van der Waals surface area contributed by atoms with Crippen LogP contribution in [0.5, 0.6) is 5.75 Å². The normalized spacial score (nSPS) is 13.8. The van der Waals surface area contributed by atoms with Gasteiger partial charge in [-0.15, -0.1) is 11.8 Å². The lowest BCUT2D eigenvalue weighted by molar-refractivity contribution is -0.132. The Morgan fingerprint density at radius 3 is 2.68 bits per heavy atom. The van der Waals surface area contributed by atoms with Crippen LogP contribution in [0.4, 0.5) is 0 Å². The molecule has 0 saturated carbocycles. The maximum absolute atomic E-state index is 12.0. The molecule has 0 radical (unpaired) electrons. The molecule has 1 aliphatic heterocycles. The average molecular weight is 356 g/mol. The van der Waals surface area contributed by atoms with Gasteiger partial charge in [0.1, 0.15) is 18.9 Å². The third-order valence-corrected chi connectivity index (χ3v) is 4.74. The van der Waals surface area contributed by atoms with E-state index in [0.717, 1.165) is 16.9 Å². The van der Waals surface area contributed by atoms with Crippen LogP contribution in [0.15, 0.2) is 54.6 Å². The van der Waals surface area contributed by atoms with Crippen molar-refractivity contribution in [1.82, 2.24) is 10.2 Å². The van der Waals surface area contributed by atoms with Crippen LogP contribution in [0, 0.1) is 0 Å². The molecule has 1 N–H and O–H groups in total. The molecule has 1 saturated heterocycles. The molecule has 3 rings (SSSR count). The monoisotopic (exact) mass is 356 g/mol. The van der Waals surface area contributed by atoms with Gasteiger partial charge in [0.15, 0.2) is 0 Å². The highest BCUT2D eigenvalue weighted by Gasteiger charge is 2.22. The van der Waals surface area contributed by atoms with Crippen LogP contribution in [0.25, 0.3) is 0 Å². The van der Waals surface area contributed by atoms with Crippen LogP contribution in [0.3, 0.4) is 0 Å². The van der Waals surface area contributed by atoms with Gasteiger partial charge in [-0.2, -0.15) is 0 Å². The summed E-state index contributed by atoms with van der Waals surface area (Å²) in [6, 6.07) is 17.6. The second-order valence-corrected chi connectivity index (χ2v) is 6.72. The van der Waals surface area contributed by atoms with Gasteiger partial charge in [-0.05, 0) is 23.3 Å². The van der Waals surface area contributed by atoms with Gasteiger partial charge in [0.05, 0.1) is 11.6 Å². The quantitative estimate of drug-likeness (QED) is 0.828. The van der Waals surface area contributed by atoms with Crippen LogP contribution in [0.2, 0.25) is 0 Å². The molecule has 2 aromatic rings. The lowest BCUT2D eigenvalue weighted by atomic mass is 10.2. The number of carbonyl (C=O) groups is 2. The third-order valence-electron chi connectivity index (χ3n) is 3.80. The standard InChI is InChI=1S/C19H20N2O3S/c22-18(11-21-14-25-13-19(21)23)20-10-16-7-4-8-17(9-16)24-12-15-5-2-1-3-6-15/h1-9H,10-14H2,(H,20,22). The van der Waals surface area contributed by atoms with Gasteiger partial charge in [-0.1, -0.05) is 42.5 Å². The summed E-state index contributed by atoms with van der Waals surface area (Å²) in [6.07, 6.45) is 0. The lowest BCUT2D eigenvalue weighted by Crippen LogP contribution is -2.37. The van der Waals surface area contributed by atoms with E-state index in [0.29, 0.717) is 24.8 Å². The Balaban J connectivity index is 1.48. The van der Waals surface area contributed by atoms with E-state index in [1.54, 1.807) is 4.90 Å². The summed E-state index contributed by atoms with van der Waals surface area (Å²) in [7, 11) is 0. The van der Waals surface area contributed by atoms with Crippen molar-refractivity contribution >= 4 is 23.6 Å². The number of amides is 2. The molecule has 2 amide bonds. The van der Waals surface area contributed by atoms with Crippen molar-refractivity contribution in [2.75, 3.05) is 18.2 Å². The Morgan fingerprint density at radius 2 is 1.92 bits per heavy atom. The number of thioether (sulfide) groups is 1. The van der Waals surface area contributed by atoms with Gasteiger partial charge in [0.25, 0.3) is 0 Å². The predicted octanol–water partition coefficient (Wildman–Crippen LogP) is 2.41. The van der Waals surface area contributed by atoms with E-state index in [9.17, 15) is 9.59 Å². The average Bonchev–Trinajstić information content (AvgIpc) is 3.04. The molecule has 1 heterocycles. The molecule has 0 unspecified atom stereocenters. The van der Waals surface area contributed by atoms with Crippen LogP contribution >= 0.6 is 11.8 Å². The van der Waals surface area contributed by atoms with Crippen molar-refractivity contribution in [3.05, 3.63) is 65.7 Å². The number of benzene rings is 2. The minimum absolute atomic E-state index is 0.0245. The Labute approximate surface area is 151 Å². The van der Waals surface area contributed by atoms with Crippen molar-refractivity contribution in [2.45, 2.75) is 13.2 Å². The Kier molecular flexibility index (Phi) is 5.95. The first kappa shape index (κ1) is 17.4. The first-order valence-corrected chi connectivity index (χ1v) is 9.24. The number of hydrogen-bond donors (Lipinski definition) is 1. The van der Waals surface area contributed by atoms with E-state index >= 15 is 0 Å². The van der Waals surface area contributed by atoms with Gasteiger partial charge in [0, 0.05) is 6.54 Å². The summed E-state index contributed by atoms with van der Waals surface area (Å²) in [6.45, 7) is 1.04. The SMILES string of the molecule is O=C(CN1CSCC1=O)NCc1cccc(OCc2ccccc2)c1. The van der Waals surface area contributed by atoms with Gasteiger partial charge < -0.3 is 15.0 Å². The van der Waals surface area contributed by atoms with E-state index in [4.69, 9.17) is 4.74 Å². The zero-order chi connectivity index (χ0) is 17.5. The lowest BCUT2D eigenvalue weighted by Gasteiger charge is -2.14. The van der Waals surface area contributed by atoms with Crippen LogP contribution in [-0.4, -0.2) is 34.9 Å². The van der Waals surface area contributed by atoms with Crippen LogP contribution in [-0.2, 0) is 22.7 Å². The second-order valence-electron chi connectivity index (χ2n) is 5.77. The van der Waals surface area contributed by atoms with Crippen molar-refractivity contribution < 1.29 is 14.3 Å². The third kappa shape index (κ3) is 5.26. The number of nitrogens with zero attached hydrogens (tertiary/aromatic N) is 1. The molecular formula is C19H20N2O3S. The van der Waals surface area contributed by atoms with Gasteiger partial charge in [-0.25, -0.2) is 0 Å². The summed E-state index contributed by atoms with van der Waals surface area (Å²) < 4.78 is 5.79. The summed E-state index contributed by atoms with van der Waals surface area (Å²) in [5.74, 6) is 1.70. The fraction of sp³-hybridized carbons (Fsp3) is 0.263. The molecule has 0 spiro atoms. The van der Waals surface area contributed by atoms with Gasteiger partial charge >= 0.3 is 0 Å². The Bertz CT molecular complexity index is 736. The van der Waals surface area contributed by atoms with E-state index in [2.05, 4.69) is 5.32 Å². The van der Waals surface area contributed by atoms with E-state index in [-0.39, 0.29) is 18.4 Å². The zero-order valence-corrected chi connectivity index (χ0v) is 14.6. The Morgan fingerprint density at radius 1 is 1.12 bits per heavy atom. The largest absolute Gasteiger partial charge is 0.489 e. The van der Waals surface area contributed by atoms with Crippen molar-refractivity contribution in [2.24, 2.45) is 0 Å². The summed E-state index contributed by atoms with van der Waals surface area (Å²) in [4.78, 5) is 25.1. The number of carbonyl (C=O) groups excluding carboxylic acids is 2. The minimum atomic E-state index is -0.147. The summed E-state index contributed by atoms with van der Waals surface area (Å²) in [5.41, 5.74) is 2.07. The summed E-state index contributed by atoms with van der Waals surface area (Å²) in [5, 5.41) is 2.85. The highest BCUT2D eigenvalue weighted by molar-refractivity contribution is 8.00. The van der Waals surface area contributed by atoms with Crippen molar-refractivity contribution in [3.8, 4) is 5.75 Å². The van der Waals surface area contributed by atoms with E-state index in [1.165, 1.54) is 11.8 Å². The fourth-order valence-corrected chi connectivity index (χ4v) is 3.36. The van der Waals surface area contributed by atoms with Crippen molar-refractivity contribution in [1.29, 1.82) is 0 Å². The highest BCUT2D eigenvalue weighted by Crippen LogP contribution is 2.16. The topological polar surface area (TPSA) is 58.6 Å². The molecule has 25 heavy (non-hydrogen) atoms. The van der Waals surface area contributed by atoms with E-state index < -0.39 is 0 Å². The zero-order valence-electron chi connectivity index (χ0n) is 13.8. The highest BCUT2D eigenvalue weighted by atomic mass is 32.2. The van der Waals surface area contributed by atoms with E-state index in [1.807, 2.05) is 54.6 Å². The Hall–Kier alpha value is -2.47. The minimum Gasteiger partial charge on any atom is -0.489 e.